The first kappa shape index (κ1) is 13.6. The van der Waals surface area contributed by atoms with E-state index in [-0.39, 0.29) is 6.61 Å². The molecule has 0 saturated heterocycles. The number of alkyl halides is 2. The van der Waals surface area contributed by atoms with Crippen LogP contribution in [0.2, 0.25) is 5.02 Å². The highest BCUT2D eigenvalue weighted by atomic mass is 35.5. The van der Waals surface area contributed by atoms with Gasteiger partial charge in [0.1, 0.15) is 0 Å². The summed E-state index contributed by atoms with van der Waals surface area (Å²) in [5, 5.41) is 0.336. The van der Waals surface area contributed by atoms with Gasteiger partial charge in [-0.3, -0.25) is 0 Å². The van der Waals surface area contributed by atoms with E-state index in [1.807, 2.05) is 0 Å². The number of halogens is 3. The molecule has 0 bridgehead atoms. The van der Waals surface area contributed by atoms with Crippen LogP contribution >= 0.6 is 11.6 Å². The van der Waals surface area contributed by atoms with E-state index in [1.54, 1.807) is 24.3 Å². The van der Waals surface area contributed by atoms with E-state index in [1.165, 1.54) is 6.92 Å². The Kier molecular flexibility index (Phi) is 4.63. The number of rotatable bonds is 4. The molecule has 0 unspecified atom stereocenters. The lowest BCUT2D eigenvalue weighted by Crippen LogP contribution is -2.28. The van der Waals surface area contributed by atoms with E-state index in [0.717, 1.165) is 6.08 Å². The summed E-state index contributed by atoms with van der Waals surface area (Å²) in [5.74, 6) is -5.21. The summed E-state index contributed by atoms with van der Waals surface area (Å²) >= 11 is 5.78. The fourth-order valence-electron chi connectivity index (χ4n) is 1.10. The predicted molar refractivity (Wildman–Crippen MR) is 62.1 cm³/mol. The van der Waals surface area contributed by atoms with Crippen molar-refractivity contribution in [3.63, 3.8) is 0 Å². The normalized spacial score (nSPS) is 11.8. The molecule has 0 atom stereocenters. The topological polar surface area (TPSA) is 26.3 Å². The molecule has 0 aliphatic rings. The van der Waals surface area contributed by atoms with Gasteiger partial charge in [0.15, 0.2) is 0 Å². The molecule has 17 heavy (non-hydrogen) atoms. The molecule has 0 amide bonds. The first-order valence-corrected chi connectivity index (χ1v) is 5.34. The van der Waals surface area contributed by atoms with E-state index >= 15 is 0 Å². The lowest BCUT2D eigenvalue weighted by Gasteiger charge is -2.09. The van der Waals surface area contributed by atoms with Gasteiger partial charge in [0.05, 0.1) is 6.61 Å². The zero-order chi connectivity index (χ0) is 12.9. The fourth-order valence-corrected chi connectivity index (χ4v) is 1.30. The third-order valence-corrected chi connectivity index (χ3v) is 2.27. The van der Waals surface area contributed by atoms with Crippen LogP contribution in [0.1, 0.15) is 12.5 Å². The highest BCUT2D eigenvalue weighted by Crippen LogP contribution is 2.22. The third-order valence-electron chi connectivity index (χ3n) is 1.93. The molecule has 0 aliphatic carbocycles. The molecule has 0 N–H and O–H groups in total. The number of hydrogen-bond acceptors (Lipinski definition) is 2. The smallest absolute Gasteiger partial charge is 0.381 e. The third kappa shape index (κ3) is 3.82. The summed E-state index contributed by atoms with van der Waals surface area (Å²) < 4.78 is 30.7. The summed E-state index contributed by atoms with van der Waals surface area (Å²) in [6.07, 6.45) is 1.57. The Balaban J connectivity index is 2.83. The fraction of sp³-hybridized carbons (Fsp3) is 0.250. The van der Waals surface area contributed by atoms with Gasteiger partial charge in [0.2, 0.25) is 0 Å². The summed E-state index contributed by atoms with van der Waals surface area (Å²) in [7, 11) is 0. The molecular weight excluding hydrogens is 250 g/mol. The average molecular weight is 261 g/mol. The first-order valence-electron chi connectivity index (χ1n) is 4.96. The highest BCUT2D eigenvalue weighted by Gasteiger charge is 2.37. The summed E-state index contributed by atoms with van der Waals surface area (Å²) in [5.41, 5.74) is 0.415. The van der Waals surface area contributed by atoms with Gasteiger partial charge < -0.3 is 4.74 Å². The summed E-state index contributed by atoms with van der Waals surface area (Å²) in [6.45, 7) is 1.38. The Morgan fingerprint density at radius 3 is 2.71 bits per heavy atom. The van der Waals surface area contributed by atoms with Crippen LogP contribution in [0, 0.1) is 0 Å². The minimum absolute atomic E-state index is 0.0889. The van der Waals surface area contributed by atoms with Crippen LogP contribution in [0.15, 0.2) is 30.3 Å². The second kappa shape index (κ2) is 5.77. The number of carbonyl (C=O) groups is 1. The van der Waals surface area contributed by atoms with Crippen molar-refractivity contribution in [2.24, 2.45) is 0 Å². The molecule has 2 nitrogen and oxygen atoms in total. The molecule has 0 radical (unpaired) electrons. The Bertz CT molecular complexity index is 430. The quantitative estimate of drug-likeness (QED) is 0.774. The van der Waals surface area contributed by atoms with Crippen LogP contribution in [-0.4, -0.2) is 18.5 Å². The van der Waals surface area contributed by atoms with Crippen LogP contribution in [-0.2, 0) is 9.53 Å². The molecular formula is C12H11ClF2O2. The van der Waals surface area contributed by atoms with E-state index in [0.29, 0.717) is 16.7 Å². The molecule has 0 aliphatic heterocycles. The molecule has 0 saturated carbocycles. The van der Waals surface area contributed by atoms with Crippen molar-refractivity contribution in [2.45, 2.75) is 12.8 Å². The number of hydrogen-bond donors (Lipinski definition) is 0. The van der Waals surface area contributed by atoms with E-state index < -0.39 is 11.9 Å². The van der Waals surface area contributed by atoms with Crippen molar-refractivity contribution in [3.05, 3.63) is 40.9 Å². The Hall–Kier alpha value is -1.42. The van der Waals surface area contributed by atoms with Gasteiger partial charge >= 0.3 is 11.9 Å². The minimum atomic E-state index is -3.64. The van der Waals surface area contributed by atoms with Crippen molar-refractivity contribution < 1.29 is 18.3 Å². The highest BCUT2D eigenvalue weighted by molar-refractivity contribution is 6.32. The van der Waals surface area contributed by atoms with Gasteiger partial charge in [-0.2, -0.15) is 8.78 Å². The molecule has 1 aromatic rings. The SMILES string of the molecule is CCOC(=O)C(F)(F)C=Cc1ccccc1Cl. The second-order valence-corrected chi connectivity index (χ2v) is 3.61. The number of ether oxygens (including phenoxy) is 1. The standard InChI is InChI=1S/C12H11ClF2O2/c1-2-17-11(16)12(14,15)8-7-9-5-3-4-6-10(9)13/h3-8H,2H2,1H3. The maximum Gasteiger partial charge on any atom is 0.381 e. The lowest BCUT2D eigenvalue weighted by atomic mass is 10.2. The largest absolute Gasteiger partial charge is 0.461 e. The lowest BCUT2D eigenvalue weighted by molar-refractivity contribution is -0.164. The van der Waals surface area contributed by atoms with Crippen molar-refractivity contribution >= 4 is 23.6 Å². The maximum atomic E-state index is 13.2. The maximum absolute atomic E-state index is 13.2. The van der Waals surface area contributed by atoms with Crippen molar-refractivity contribution in [3.8, 4) is 0 Å². The van der Waals surface area contributed by atoms with Gasteiger partial charge in [-0.25, -0.2) is 4.79 Å². The minimum Gasteiger partial charge on any atom is -0.461 e. The van der Waals surface area contributed by atoms with Crippen LogP contribution in [0.3, 0.4) is 0 Å². The van der Waals surface area contributed by atoms with Gasteiger partial charge in [-0.15, -0.1) is 0 Å². The van der Waals surface area contributed by atoms with Crippen LogP contribution in [0.5, 0.6) is 0 Å². The van der Waals surface area contributed by atoms with Crippen LogP contribution in [0.25, 0.3) is 6.08 Å². The number of esters is 1. The molecule has 92 valence electrons. The molecule has 0 aromatic heterocycles. The Morgan fingerprint density at radius 2 is 2.12 bits per heavy atom. The van der Waals surface area contributed by atoms with Gasteiger partial charge in [0, 0.05) is 5.02 Å². The Labute approximate surface area is 103 Å². The number of carbonyl (C=O) groups excluding carboxylic acids is 1. The molecule has 5 heteroatoms. The number of benzene rings is 1. The second-order valence-electron chi connectivity index (χ2n) is 3.20. The molecule has 1 aromatic carbocycles. The zero-order valence-electron chi connectivity index (χ0n) is 9.12. The van der Waals surface area contributed by atoms with Gasteiger partial charge in [-0.1, -0.05) is 35.9 Å². The van der Waals surface area contributed by atoms with Crippen molar-refractivity contribution in [1.82, 2.24) is 0 Å². The summed E-state index contributed by atoms with van der Waals surface area (Å²) in [4.78, 5) is 10.9. The molecule has 0 heterocycles. The first-order chi connectivity index (χ1) is 7.97. The van der Waals surface area contributed by atoms with Crippen molar-refractivity contribution in [2.75, 3.05) is 6.61 Å². The van der Waals surface area contributed by atoms with Crippen molar-refractivity contribution in [1.29, 1.82) is 0 Å². The van der Waals surface area contributed by atoms with E-state index in [4.69, 9.17) is 11.6 Å². The van der Waals surface area contributed by atoms with E-state index in [2.05, 4.69) is 4.74 Å². The average Bonchev–Trinajstić information content (AvgIpc) is 2.28. The Morgan fingerprint density at radius 1 is 1.47 bits per heavy atom. The molecule has 0 spiro atoms. The zero-order valence-corrected chi connectivity index (χ0v) is 9.88. The predicted octanol–water partition coefficient (Wildman–Crippen LogP) is 3.55. The molecule has 0 fully saturated rings. The molecule has 1 rings (SSSR count). The van der Waals surface area contributed by atoms with Crippen LogP contribution < -0.4 is 0 Å². The summed E-state index contributed by atoms with van der Waals surface area (Å²) in [6, 6.07) is 6.49. The monoisotopic (exact) mass is 260 g/mol. The van der Waals surface area contributed by atoms with E-state index in [9.17, 15) is 13.6 Å². The van der Waals surface area contributed by atoms with Crippen LogP contribution in [0.4, 0.5) is 8.78 Å². The van der Waals surface area contributed by atoms with Gasteiger partial charge in [-0.05, 0) is 24.6 Å². The van der Waals surface area contributed by atoms with Gasteiger partial charge in [0.25, 0.3) is 0 Å².